The first-order valence-corrected chi connectivity index (χ1v) is 3.60. The average Bonchev–Trinajstić information content (AvgIpc) is 2.34. The molecule has 1 aliphatic heterocycles. The maximum Gasteiger partial charge on any atom is 0.409 e. The molecule has 1 rings (SSSR count). The second kappa shape index (κ2) is 2.90. The smallest absolute Gasteiger partial charge is 0.409 e. The van der Waals surface area contributed by atoms with Gasteiger partial charge < -0.3 is 9.64 Å². The number of ether oxygens (including phenoxy) is 1. The molecular weight excluding hydrogens is 130 g/mol. The monoisotopic (exact) mass is 143 g/mol. The van der Waals surface area contributed by atoms with Crippen LogP contribution in [0.25, 0.3) is 0 Å². The van der Waals surface area contributed by atoms with Crippen LogP contribution in [0.2, 0.25) is 0 Å². The normalized spacial score (nSPS) is 25.0. The van der Waals surface area contributed by atoms with E-state index < -0.39 is 0 Å². The Morgan fingerprint density at radius 3 is 2.80 bits per heavy atom. The van der Waals surface area contributed by atoms with Crippen molar-refractivity contribution in [3.63, 3.8) is 0 Å². The topological polar surface area (TPSA) is 29.5 Å². The third-order valence-corrected chi connectivity index (χ3v) is 1.96. The summed E-state index contributed by atoms with van der Waals surface area (Å²) in [6.45, 7) is 2.90. The molecule has 0 saturated carbocycles. The Balaban J connectivity index is 2.46. The lowest BCUT2D eigenvalue weighted by molar-refractivity contribution is 0.121. The molecule has 0 radical (unpaired) electrons. The van der Waals surface area contributed by atoms with Gasteiger partial charge in [-0.2, -0.15) is 0 Å². The van der Waals surface area contributed by atoms with E-state index in [1.54, 1.807) is 4.90 Å². The minimum absolute atomic E-state index is 0.190. The molecular formula is C7H13NO2. The third kappa shape index (κ3) is 1.23. The second-order valence-corrected chi connectivity index (χ2v) is 2.65. The molecule has 0 spiro atoms. The van der Waals surface area contributed by atoms with Gasteiger partial charge in [0.25, 0.3) is 0 Å². The summed E-state index contributed by atoms with van der Waals surface area (Å²) in [5, 5.41) is 0. The van der Waals surface area contributed by atoms with Gasteiger partial charge in [-0.1, -0.05) is 0 Å². The molecule has 0 N–H and O–H groups in total. The minimum atomic E-state index is -0.190. The van der Waals surface area contributed by atoms with Gasteiger partial charge in [0.2, 0.25) is 0 Å². The quantitative estimate of drug-likeness (QED) is 0.510. The molecule has 0 unspecified atom stereocenters. The predicted molar refractivity (Wildman–Crippen MR) is 37.8 cm³/mol. The number of carbonyl (C=O) groups excluding carboxylic acids is 1. The van der Waals surface area contributed by atoms with Crippen LogP contribution >= 0.6 is 0 Å². The number of rotatable bonds is 0. The third-order valence-electron chi connectivity index (χ3n) is 1.96. The van der Waals surface area contributed by atoms with Gasteiger partial charge in [0, 0.05) is 12.6 Å². The summed E-state index contributed by atoms with van der Waals surface area (Å²) in [4.78, 5) is 12.7. The van der Waals surface area contributed by atoms with E-state index in [-0.39, 0.29) is 6.09 Å². The molecule has 1 heterocycles. The van der Waals surface area contributed by atoms with Crippen LogP contribution < -0.4 is 0 Å². The zero-order valence-electron chi connectivity index (χ0n) is 6.46. The van der Waals surface area contributed by atoms with Crippen molar-refractivity contribution in [3.05, 3.63) is 0 Å². The zero-order valence-corrected chi connectivity index (χ0v) is 6.46. The number of carbonyl (C=O) groups is 1. The van der Waals surface area contributed by atoms with Gasteiger partial charge in [-0.25, -0.2) is 4.79 Å². The summed E-state index contributed by atoms with van der Waals surface area (Å²) in [5.41, 5.74) is 0. The van der Waals surface area contributed by atoms with Crippen LogP contribution in [0.1, 0.15) is 19.8 Å². The first-order valence-electron chi connectivity index (χ1n) is 3.60. The van der Waals surface area contributed by atoms with Crippen molar-refractivity contribution < 1.29 is 9.53 Å². The molecule has 0 aliphatic carbocycles. The molecule has 58 valence electrons. The van der Waals surface area contributed by atoms with Gasteiger partial charge >= 0.3 is 6.09 Å². The van der Waals surface area contributed by atoms with Crippen LogP contribution in [0.4, 0.5) is 4.79 Å². The Morgan fingerprint density at radius 1 is 1.70 bits per heavy atom. The number of amides is 1. The van der Waals surface area contributed by atoms with Crippen LogP contribution in [0, 0.1) is 0 Å². The van der Waals surface area contributed by atoms with E-state index in [1.807, 2.05) is 6.92 Å². The lowest BCUT2D eigenvalue weighted by Gasteiger charge is -2.18. The number of nitrogens with zero attached hydrogens (tertiary/aromatic N) is 1. The fourth-order valence-electron chi connectivity index (χ4n) is 1.32. The highest BCUT2D eigenvalue weighted by Gasteiger charge is 2.25. The van der Waals surface area contributed by atoms with Crippen molar-refractivity contribution in [1.29, 1.82) is 0 Å². The van der Waals surface area contributed by atoms with E-state index in [9.17, 15) is 4.79 Å². The van der Waals surface area contributed by atoms with Gasteiger partial charge in [-0.15, -0.1) is 0 Å². The van der Waals surface area contributed by atoms with Crippen molar-refractivity contribution >= 4 is 6.09 Å². The Labute approximate surface area is 61.0 Å². The molecule has 1 fully saturated rings. The first-order chi connectivity index (χ1) is 4.75. The van der Waals surface area contributed by atoms with Crippen LogP contribution in [0.5, 0.6) is 0 Å². The summed E-state index contributed by atoms with van der Waals surface area (Å²) in [5.74, 6) is 0. The van der Waals surface area contributed by atoms with Crippen LogP contribution in [0.3, 0.4) is 0 Å². The maximum absolute atomic E-state index is 10.9. The molecule has 0 aromatic carbocycles. The number of methoxy groups -OCH3 is 1. The van der Waals surface area contributed by atoms with Gasteiger partial charge in [0.05, 0.1) is 7.11 Å². The van der Waals surface area contributed by atoms with Crippen LogP contribution in [-0.2, 0) is 4.74 Å². The van der Waals surface area contributed by atoms with Gasteiger partial charge in [0.15, 0.2) is 0 Å². The fourth-order valence-corrected chi connectivity index (χ4v) is 1.32. The summed E-state index contributed by atoms with van der Waals surface area (Å²) in [6, 6.07) is 0.368. The molecule has 3 heteroatoms. The summed E-state index contributed by atoms with van der Waals surface area (Å²) >= 11 is 0. The Hall–Kier alpha value is -0.730. The lowest BCUT2D eigenvalue weighted by Crippen LogP contribution is -2.33. The number of hydrogen-bond donors (Lipinski definition) is 0. The zero-order chi connectivity index (χ0) is 7.56. The van der Waals surface area contributed by atoms with Crippen molar-refractivity contribution in [2.75, 3.05) is 13.7 Å². The second-order valence-electron chi connectivity index (χ2n) is 2.65. The van der Waals surface area contributed by atoms with E-state index in [4.69, 9.17) is 0 Å². The Morgan fingerprint density at radius 2 is 2.40 bits per heavy atom. The maximum atomic E-state index is 10.9. The van der Waals surface area contributed by atoms with Crippen LogP contribution in [-0.4, -0.2) is 30.7 Å². The van der Waals surface area contributed by atoms with E-state index in [0.717, 1.165) is 19.4 Å². The highest BCUT2D eigenvalue weighted by molar-refractivity contribution is 5.68. The van der Waals surface area contributed by atoms with Gasteiger partial charge in [0.1, 0.15) is 0 Å². The molecule has 1 amide bonds. The SMILES string of the molecule is COC(=O)N1CCC[C@H]1C. The number of hydrogen-bond acceptors (Lipinski definition) is 2. The minimum Gasteiger partial charge on any atom is -0.453 e. The Bertz CT molecular complexity index is 136. The van der Waals surface area contributed by atoms with Crippen molar-refractivity contribution in [3.8, 4) is 0 Å². The van der Waals surface area contributed by atoms with Crippen molar-refractivity contribution in [2.24, 2.45) is 0 Å². The Kier molecular flexibility index (Phi) is 2.14. The molecule has 0 aromatic rings. The molecule has 10 heavy (non-hydrogen) atoms. The van der Waals surface area contributed by atoms with Gasteiger partial charge in [-0.3, -0.25) is 0 Å². The average molecular weight is 143 g/mol. The van der Waals surface area contributed by atoms with Crippen molar-refractivity contribution in [2.45, 2.75) is 25.8 Å². The highest BCUT2D eigenvalue weighted by Crippen LogP contribution is 2.16. The number of likely N-dealkylation sites (tertiary alicyclic amines) is 1. The molecule has 0 bridgehead atoms. The van der Waals surface area contributed by atoms with E-state index in [0.29, 0.717) is 6.04 Å². The largest absolute Gasteiger partial charge is 0.453 e. The first kappa shape index (κ1) is 7.38. The summed E-state index contributed by atoms with van der Waals surface area (Å²) < 4.78 is 4.59. The molecule has 0 aromatic heterocycles. The van der Waals surface area contributed by atoms with Crippen LogP contribution in [0.15, 0.2) is 0 Å². The standard InChI is InChI=1S/C7H13NO2/c1-6-4-3-5-8(6)7(9)10-2/h6H,3-5H2,1-2H3/t6-/m1/s1. The van der Waals surface area contributed by atoms with E-state index in [1.165, 1.54) is 7.11 Å². The molecule has 1 aliphatic rings. The molecule has 1 saturated heterocycles. The van der Waals surface area contributed by atoms with E-state index >= 15 is 0 Å². The van der Waals surface area contributed by atoms with E-state index in [2.05, 4.69) is 4.74 Å². The van der Waals surface area contributed by atoms with Gasteiger partial charge in [-0.05, 0) is 19.8 Å². The highest BCUT2D eigenvalue weighted by atomic mass is 16.5. The fraction of sp³-hybridized carbons (Fsp3) is 0.857. The molecule has 1 atom stereocenters. The predicted octanol–water partition coefficient (Wildman–Crippen LogP) is 1.24. The van der Waals surface area contributed by atoms with Crippen molar-refractivity contribution in [1.82, 2.24) is 4.90 Å². The summed E-state index contributed by atoms with van der Waals surface area (Å²) in [7, 11) is 1.42. The molecule has 3 nitrogen and oxygen atoms in total. The lowest BCUT2D eigenvalue weighted by atomic mass is 10.2. The summed E-state index contributed by atoms with van der Waals surface area (Å²) in [6.07, 6.45) is 2.02.